The van der Waals surface area contributed by atoms with Crippen molar-refractivity contribution in [3.05, 3.63) is 72.1 Å². The van der Waals surface area contributed by atoms with Crippen molar-refractivity contribution in [3.8, 4) is 11.1 Å². The normalized spacial score (nSPS) is 14.5. The highest BCUT2D eigenvalue weighted by molar-refractivity contribution is 5.92. The average molecular weight is 401 g/mol. The van der Waals surface area contributed by atoms with Gasteiger partial charge in [-0.05, 0) is 49.4 Å². The zero-order chi connectivity index (χ0) is 20.9. The Hall–Kier alpha value is -3.21. The number of amides is 1. The summed E-state index contributed by atoms with van der Waals surface area (Å²) < 4.78 is 0. The number of hydrogen-bond acceptors (Lipinski definition) is 4. The Morgan fingerprint density at radius 3 is 2.37 bits per heavy atom. The molecule has 0 spiro atoms. The van der Waals surface area contributed by atoms with Gasteiger partial charge in [0.25, 0.3) is 0 Å². The topological polar surface area (TPSA) is 58.1 Å². The summed E-state index contributed by atoms with van der Waals surface area (Å²) in [5.74, 6) is 0.869. The zero-order valence-electron chi connectivity index (χ0n) is 17.6. The van der Waals surface area contributed by atoms with Crippen LogP contribution in [0, 0.1) is 12.8 Å². The summed E-state index contributed by atoms with van der Waals surface area (Å²) in [4.78, 5) is 24.0. The van der Waals surface area contributed by atoms with Gasteiger partial charge in [0, 0.05) is 42.7 Å². The minimum Gasteiger partial charge on any atom is -0.341 e. The van der Waals surface area contributed by atoms with Crippen molar-refractivity contribution in [1.82, 2.24) is 9.97 Å². The molecule has 1 saturated heterocycles. The maximum atomic E-state index is 12.6. The lowest BCUT2D eigenvalue weighted by Gasteiger charge is -2.31. The Morgan fingerprint density at radius 1 is 1.03 bits per heavy atom. The zero-order valence-corrected chi connectivity index (χ0v) is 17.6. The van der Waals surface area contributed by atoms with Crippen LogP contribution in [0.2, 0.25) is 0 Å². The fourth-order valence-corrected chi connectivity index (χ4v) is 3.87. The van der Waals surface area contributed by atoms with Gasteiger partial charge in [0.05, 0.1) is 0 Å². The number of benzene rings is 2. The molecule has 5 heteroatoms. The van der Waals surface area contributed by atoms with E-state index < -0.39 is 0 Å². The van der Waals surface area contributed by atoms with Gasteiger partial charge in [-0.2, -0.15) is 0 Å². The number of nitrogens with zero attached hydrogens (tertiary/aromatic N) is 3. The third-order valence-corrected chi connectivity index (χ3v) is 5.77. The van der Waals surface area contributed by atoms with Crippen LogP contribution in [0.3, 0.4) is 0 Å². The molecule has 0 unspecified atom stereocenters. The third-order valence-electron chi connectivity index (χ3n) is 5.77. The molecule has 1 fully saturated rings. The third kappa shape index (κ3) is 4.67. The van der Waals surface area contributed by atoms with Crippen molar-refractivity contribution in [1.29, 1.82) is 0 Å². The molecule has 1 aliphatic heterocycles. The number of nitrogens with one attached hydrogen (secondary N) is 1. The number of carbonyl (C=O) groups excluding carboxylic acids is 1. The Balaban J connectivity index is 1.33. The van der Waals surface area contributed by atoms with E-state index in [9.17, 15) is 4.79 Å². The molecule has 0 radical (unpaired) electrons. The maximum absolute atomic E-state index is 12.6. The first kappa shape index (κ1) is 20.1. The number of anilines is 2. The van der Waals surface area contributed by atoms with Gasteiger partial charge in [0.2, 0.25) is 11.9 Å². The lowest BCUT2D eigenvalue weighted by atomic mass is 9.96. The summed E-state index contributed by atoms with van der Waals surface area (Å²) in [7, 11) is 0. The molecule has 3 aromatic rings. The molecule has 5 nitrogen and oxygen atoms in total. The second kappa shape index (κ2) is 9.08. The van der Waals surface area contributed by atoms with E-state index >= 15 is 0 Å². The van der Waals surface area contributed by atoms with E-state index in [2.05, 4.69) is 64.4 Å². The van der Waals surface area contributed by atoms with Crippen molar-refractivity contribution >= 4 is 17.5 Å². The van der Waals surface area contributed by atoms with E-state index in [0.29, 0.717) is 0 Å². The van der Waals surface area contributed by atoms with E-state index in [4.69, 9.17) is 0 Å². The van der Waals surface area contributed by atoms with Gasteiger partial charge in [-0.25, -0.2) is 9.97 Å². The lowest BCUT2D eigenvalue weighted by molar-refractivity contribution is -0.120. The van der Waals surface area contributed by atoms with Crippen LogP contribution < -0.4 is 10.2 Å². The molecule has 0 aliphatic carbocycles. The molecule has 1 amide bonds. The fraction of sp³-hybridized carbons (Fsp3) is 0.320. The van der Waals surface area contributed by atoms with E-state index in [1.54, 1.807) is 0 Å². The standard InChI is InChI=1S/C25H28N4O/c1-3-19-7-9-23(10-8-19)28-24(30)20-11-13-29(14-12-20)25-26-16-22(17-27-25)21-6-4-5-18(2)15-21/h4-10,15-17,20H,3,11-14H2,1-2H3,(H,28,30). The van der Waals surface area contributed by atoms with Crippen molar-refractivity contribution in [2.75, 3.05) is 23.3 Å². The van der Waals surface area contributed by atoms with Crippen LogP contribution in [0.5, 0.6) is 0 Å². The second-order valence-electron chi connectivity index (χ2n) is 7.94. The number of hydrogen-bond donors (Lipinski definition) is 1. The smallest absolute Gasteiger partial charge is 0.227 e. The molecule has 1 N–H and O–H groups in total. The van der Waals surface area contributed by atoms with Gasteiger partial charge in [-0.3, -0.25) is 4.79 Å². The Kier molecular flexibility index (Phi) is 6.07. The molecular formula is C25H28N4O. The van der Waals surface area contributed by atoms with Gasteiger partial charge >= 0.3 is 0 Å². The van der Waals surface area contributed by atoms with Gasteiger partial charge in [-0.15, -0.1) is 0 Å². The van der Waals surface area contributed by atoms with E-state index in [1.165, 1.54) is 11.1 Å². The van der Waals surface area contributed by atoms with Crippen LogP contribution in [0.15, 0.2) is 60.9 Å². The van der Waals surface area contributed by atoms with Crippen molar-refractivity contribution < 1.29 is 4.79 Å². The fourth-order valence-electron chi connectivity index (χ4n) is 3.87. The van der Waals surface area contributed by atoms with Crippen molar-refractivity contribution in [3.63, 3.8) is 0 Å². The van der Waals surface area contributed by atoms with Crippen LogP contribution in [0.4, 0.5) is 11.6 Å². The molecule has 0 atom stereocenters. The van der Waals surface area contributed by atoms with Crippen molar-refractivity contribution in [2.45, 2.75) is 33.1 Å². The van der Waals surface area contributed by atoms with Gasteiger partial charge < -0.3 is 10.2 Å². The molecule has 30 heavy (non-hydrogen) atoms. The predicted molar refractivity (Wildman–Crippen MR) is 122 cm³/mol. The first-order valence-electron chi connectivity index (χ1n) is 10.7. The minimum absolute atomic E-state index is 0.0265. The molecule has 4 rings (SSSR count). The Labute approximate surface area is 178 Å². The average Bonchev–Trinajstić information content (AvgIpc) is 2.80. The summed E-state index contributed by atoms with van der Waals surface area (Å²) >= 11 is 0. The number of rotatable bonds is 5. The highest BCUT2D eigenvalue weighted by atomic mass is 16.1. The SMILES string of the molecule is CCc1ccc(NC(=O)C2CCN(c3ncc(-c4cccc(C)c4)cn3)CC2)cc1. The number of aromatic nitrogens is 2. The summed E-state index contributed by atoms with van der Waals surface area (Å²) in [6, 6.07) is 16.4. The molecule has 2 heterocycles. The largest absolute Gasteiger partial charge is 0.341 e. The van der Waals surface area contributed by atoms with Crippen LogP contribution >= 0.6 is 0 Å². The minimum atomic E-state index is 0.0265. The molecular weight excluding hydrogens is 372 g/mol. The molecule has 1 aliphatic rings. The molecule has 154 valence electrons. The van der Waals surface area contributed by atoms with Crippen LogP contribution in [0.1, 0.15) is 30.9 Å². The van der Waals surface area contributed by atoms with Crippen LogP contribution in [-0.2, 0) is 11.2 Å². The van der Waals surface area contributed by atoms with E-state index in [-0.39, 0.29) is 11.8 Å². The Bertz CT molecular complexity index is 990. The summed E-state index contributed by atoms with van der Waals surface area (Å²) in [5.41, 5.74) is 5.51. The summed E-state index contributed by atoms with van der Waals surface area (Å²) in [6.07, 6.45) is 6.39. The number of carbonyl (C=O) groups is 1. The number of piperidine rings is 1. The molecule has 0 saturated carbocycles. The highest BCUT2D eigenvalue weighted by Crippen LogP contribution is 2.24. The molecule has 2 aromatic carbocycles. The monoisotopic (exact) mass is 400 g/mol. The van der Waals surface area contributed by atoms with Gasteiger partial charge in [-0.1, -0.05) is 48.9 Å². The number of aryl methyl sites for hydroxylation is 2. The lowest BCUT2D eigenvalue weighted by Crippen LogP contribution is -2.39. The van der Waals surface area contributed by atoms with Crippen molar-refractivity contribution in [2.24, 2.45) is 5.92 Å². The summed E-state index contributed by atoms with van der Waals surface area (Å²) in [6.45, 7) is 5.79. The highest BCUT2D eigenvalue weighted by Gasteiger charge is 2.26. The van der Waals surface area contributed by atoms with E-state index in [1.807, 2.05) is 30.6 Å². The van der Waals surface area contributed by atoms with Gasteiger partial charge in [0.1, 0.15) is 0 Å². The van der Waals surface area contributed by atoms with Crippen LogP contribution in [0.25, 0.3) is 11.1 Å². The Morgan fingerprint density at radius 2 is 1.73 bits per heavy atom. The quantitative estimate of drug-likeness (QED) is 0.664. The maximum Gasteiger partial charge on any atom is 0.227 e. The molecule has 1 aromatic heterocycles. The first-order valence-corrected chi connectivity index (χ1v) is 10.7. The molecule has 0 bridgehead atoms. The van der Waals surface area contributed by atoms with E-state index in [0.717, 1.165) is 55.1 Å². The second-order valence-corrected chi connectivity index (χ2v) is 7.94. The summed E-state index contributed by atoms with van der Waals surface area (Å²) in [5, 5.41) is 3.06. The van der Waals surface area contributed by atoms with Crippen LogP contribution in [-0.4, -0.2) is 29.0 Å². The van der Waals surface area contributed by atoms with Gasteiger partial charge in [0.15, 0.2) is 0 Å². The first-order chi connectivity index (χ1) is 14.6. The predicted octanol–water partition coefficient (Wildman–Crippen LogP) is 4.87.